The van der Waals surface area contributed by atoms with Crippen molar-refractivity contribution >= 4 is 17.8 Å². The first-order chi connectivity index (χ1) is 14.5. The van der Waals surface area contributed by atoms with Gasteiger partial charge in [-0.25, -0.2) is 4.31 Å². The van der Waals surface area contributed by atoms with Crippen molar-refractivity contribution in [1.82, 2.24) is 9.29 Å². The summed E-state index contributed by atoms with van der Waals surface area (Å²) in [4.78, 5) is 4.27. The van der Waals surface area contributed by atoms with Crippen molar-refractivity contribution in [1.29, 1.82) is 5.41 Å². The molecule has 154 valence electrons. The Morgan fingerprint density at radius 1 is 1.13 bits per heavy atom. The number of aromatic nitrogens is 1. The molecule has 0 aliphatic carbocycles. The van der Waals surface area contributed by atoms with Crippen LogP contribution in [0.1, 0.15) is 51.8 Å². The average Bonchev–Trinajstić information content (AvgIpc) is 2.72. The lowest BCUT2D eigenvalue weighted by Crippen LogP contribution is -2.40. The minimum absolute atomic E-state index is 0.152. The molecule has 1 atom stereocenters. The molecule has 0 saturated carbocycles. The van der Waals surface area contributed by atoms with Gasteiger partial charge >= 0.3 is 0 Å². The van der Waals surface area contributed by atoms with E-state index in [4.69, 9.17) is 10.5 Å². The normalized spacial score (nSPS) is 15.6. The Morgan fingerprint density at radius 3 is 2.53 bits per heavy atom. The van der Waals surface area contributed by atoms with E-state index in [2.05, 4.69) is 64.7 Å². The van der Waals surface area contributed by atoms with Crippen LogP contribution in [0.15, 0.2) is 66.9 Å². The maximum atomic E-state index is 8.77. The maximum Gasteiger partial charge on any atom is 0.0396 e. The highest BCUT2D eigenvalue weighted by atomic mass is 32.2. The smallest absolute Gasteiger partial charge is 0.0396 e. The fourth-order valence-electron chi connectivity index (χ4n) is 4.18. The summed E-state index contributed by atoms with van der Waals surface area (Å²) in [5, 5.41) is 14.4. The van der Waals surface area contributed by atoms with Crippen LogP contribution in [-0.2, 0) is 0 Å². The van der Waals surface area contributed by atoms with Gasteiger partial charge in [-0.15, -0.1) is 0 Å². The summed E-state index contributed by atoms with van der Waals surface area (Å²) in [6.07, 6.45) is 2.45. The number of nitrogens with one attached hydrogen (secondary N) is 1. The number of benzene rings is 2. The molecule has 5 heteroatoms. The van der Waals surface area contributed by atoms with Gasteiger partial charge in [0.2, 0.25) is 0 Å². The van der Waals surface area contributed by atoms with E-state index >= 15 is 0 Å². The Hall–Kier alpha value is -2.47. The first-order valence-electron chi connectivity index (χ1n) is 10.3. The molecular formula is C25H28N4S. The van der Waals surface area contributed by atoms with Gasteiger partial charge < -0.3 is 5.41 Å². The van der Waals surface area contributed by atoms with Crippen LogP contribution in [0.3, 0.4) is 0 Å². The molecule has 0 amide bonds. The molecule has 3 aromatic rings. The quantitative estimate of drug-likeness (QED) is 0.410. The number of nitrogens with two attached hydrogens (primary N) is 1. The Balaban J connectivity index is 1.61. The third kappa shape index (κ3) is 4.48. The first kappa shape index (κ1) is 20.8. The molecule has 1 unspecified atom stereocenters. The third-order valence-corrected chi connectivity index (χ3v) is 6.62. The zero-order valence-corrected chi connectivity index (χ0v) is 18.3. The zero-order valence-electron chi connectivity index (χ0n) is 17.5. The largest absolute Gasteiger partial charge is 0.305 e. The van der Waals surface area contributed by atoms with Crippen molar-refractivity contribution in [3.8, 4) is 0 Å². The van der Waals surface area contributed by atoms with Crippen molar-refractivity contribution in [3.63, 3.8) is 0 Å². The van der Waals surface area contributed by atoms with Gasteiger partial charge in [-0.3, -0.25) is 10.1 Å². The van der Waals surface area contributed by atoms with Crippen LogP contribution in [0.25, 0.3) is 0 Å². The topological polar surface area (TPSA) is 66.0 Å². The summed E-state index contributed by atoms with van der Waals surface area (Å²) >= 11 is 1.33. The molecule has 0 spiro atoms. The lowest BCUT2D eigenvalue weighted by molar-refractivity contribution is 0.291. The highest BCUT2D eigenvalue weighted by Gasteiger charge is 2.28. The molecule has 4 rings (SSSR count). The Morgan fingerprint density at radius 2 is 1.87 bits per heavy atom. The SMILES string of the molecule is Cc1cc(C(=N)CC(c2ccc(C3CN(SN)C3)cc2)c2ccccc2C)ccn1. The molecule has 1 fully saturated rings. The monoisotopic (exact) mass is 416 g/mol. The van der Waals surface area contributed by atoms with Crippen molar-refractivity contribution in [3.05, 3.63) is 100 Å². The molecule has 4 nitrogen and oxygen atoms in total. The van der Waals surface area contributed by atoms with E-state index in [1.54, 1.807) is 6.20 Å². The van der Waals surface area contributed by atoms with Crippen LogP contribution in [0.5, 0.6) is 0 Å². The Labute approximate surface area is 183 Å². The van der Waals surface area contributed by atoms with Gasteiger partial charge in [0.05, 0.1) is 0 Å². The number of hydrogen-bond acceptors (Lipinski definition) is 5. The summed E-state index contributed by atoms with van der Waals surface area (Å²) in [7, 11) is 0. The van der Waals surface area contributed by atoms with Crippen LogP contribution >= 0.6 is 12.1 Å². The standard InChI is InChI=1S/C25H28N4S/c1-17-5-3-4-6-23(17)24(14-25(26)21-11-12-28-18(2)13-21)20-9-7-19(8-10-20)22-15-29(16-22)30-27/h3-13,22,24,26H,14-16,27H2,1-2H3. The van der Waals surface area contributed by atoms with E-state index < -0.39 is 0 Å². The second-order valence-electron chi connectivity index (χ2n) is 8.09. The summed E-state index contributed by atoms with van der Waals surface area (Å²) in [6, 6.07) is 21.5. The Bertz CT molecular complexity index is 1030. The molecule has 30 heavy (non-hydrogen) atoms. The van der Waals surface area contributed by atoms with E-state index in [0.717, 1.165) is 24.3 Å². The Kier molecular flexibility index (Phi) is 6.32. The van der Waals surface area contributed by atoms with Crippen molar-refractivity contribution in [2.24, 2.45) is 5.14 Å². The van der Waals surface area contributed by atoms with E-state index in [9.17, 15) is 0 Å². The fourth-order valence-corrected chi connectivity index (χ4v) is 4.71. The maximum absolute atomic E-state index is 8.77. The molecule has 1 saturated heterocycles. The van der Waals surface area contributed by atoms with E-state index in [0.29, 0.717) is 18.1 Å². The average molecular weight is 417 g/mol. The molecule has 2 heterocycles. The molecule has 3 N–H and O–H groups in total. The van der Waals surface area contributed by atoms with Crippen molar-refractivity contribution < 1.29 is 0 Å². The van der Waals surface area contributed by atoms with Crippen LogP contribution in [0.2, 0.25) is 0 Å². The van der Waals surface area contributed by atoms with Crippen LogP contribution in [0, 0.1) is 19.3 Å². The molecule has 1 aliphatic rings. The minimum atomic E-state index is 0.152. The van der Waals surface area contributed by atoms with Gasteiger partial charge in [0.1, 0.15) is 0 Å². The van der Waals surface area contributed by atoms with Crippen LogP contribution < -0.4 is 5.14 Å². The van der Waals surface area contributed by atoms with E-state index in [1.165, 1.54) is 34.4 Å². The van der Waals surface area contributed by atoms with Crippen molar-refractivity contribution in [2.75, 3.05) is 13.1 Å². The lowest BCUT2D eigenvalue weighted by Gasteiger charge is -2.37. The predicted octanol–water partition coefficient (Wildman–Crippen LogP) is 5.21. The number of pyridine rings is 1. The minimum Gasteiger partial charge on any atom is -0.305 e. The lowest BCUT2D eigenvalue weighted by atomic mass is 9.82. The highest BCUT2D eigenvalue weighted by Crippen LogP contribution is 2.34. The molecule has 2 aromatic carbocycles. The second kappa shape index (κ2) is 9.13. The molecular weight excluding hydrogens is 388 g/mol. The molecule has 0 bridgehead atoms. The number of nitrogens with zero attached hydrogens (tertiary/aromatic N) is 2. The van der Waals surface area contributed by atoms with Crippen LogP contribution in [-0.4, -0.2) is 28.1 Å². The van der Waals surface area contributed by atoms with Crippen LogP contribution in [0.4, 0.5) is 0 Å². The molecule has 0 radical (unpaired) electrons. The summed E-state index contributed by atoms with van der Waals surface area (Å²) in [6.45, 7) is 6.14. The van der Waals surface area contributed by atoms with Gasteiger partial charge in [-0.05, 0) is 53.8 Å². The van der Waals surface area contributed by atoms with Gasteiger partial charge in [0.25, 0.3) is 0 Å². The summed E-state index contributed by atoms with van der Waals surface area (Å²) in [5.74, 6) is 0.712. The predicted molar refractivity (Wildman–Crippen MR) is 126 cm³/mol. The fraction of sp³-hybridized carbons (Fsp3) is 0.280. The summed E-state index contributed by atoms with van der Waals surface area (Å²) < 4.78 is 2.17. The summed E-state index contributed by atoms with van der Waals surface area (Å²) in [5.41, 5.74) is 7.72. The molecule has 1 aliphatic heterocycles. The number of hydrogen-bond donors (Lipinski definition) is 2. The second-order valence-corrected chi connectivity index (χ2v) is 8.82. The van der Waals surface area contributed by atoms with Gasteiger partial charge in [-0.1, -0.05) is 48.5 Å². The van der Waals surface area contributed by atoms with Gasteiger partial charge in [0, 0.05) is 61.1 Å². The number of aryl methyl sites for hydroxylation is 2. The number of rotatable bonds is 7. The third-order valence-electron chi connectivity index (χ3n) is 6.02. The first-order valence-corrected chi connectivity index (χ1v) is 11.2. The van der Waals surface area contributed by atoms with E-state index in [-0.39, 0.29) is 5.92 Å². The highest BCUT2D eigenvalue weighted by molar-refractivity contribution is 7.94. The van der Waals surface area contributed by atoms with Crippen molar-refractivity contribution in [2.45, 2.75) is 32.1 Å². The van der Waals surface area contributed by atoms with Gasteiger partial charge in [0.15, 0.2) is 0 Å². The molecule has 1 aromatic heterocycles. The van der Waals surface area contributed by atoms with E-state index in [1.807, 2.05) is 19.1 Å². The van der Waals surface area contributed by atoms with Gasteiger partial charge in [-0.2, -0.15) is 0 Å². The zero-order chi connectivity index (χ0) is 21.1.